The summed E-state index contributed by atoms with van der Waals surface area (Å²) >= 11 is 18.5. The number of ether oxygens (including phenoxy) is 1. The molecule has 2 aliphatic rings. The van der Waals surface area contributed by atoms with Crippen molar-refractivity contribution < 1.29 is 14.3 Å². The summed E-state index contributed by atoms with van der Waals surface area (Å²) in [4.78, 5) is 29.6. The first-order chi connectivity index (χ1) is 17.9. The van der Waals surface area contributed by atoms with Crippen LogP contribution in [0.5, 0.6) is 0 Å². The van der Waals surface area contributed by atoms with Crippen LogP contribution in [0, 0.1) is 5.92 Å². The summed E-state index contributed by atoms with van der Waals surface area (Å²) in [6.07, 6.45) is 5.38. The summed E-state index contributed by atoms with van der Waals surface area (Å²) in [5.41, 5.74) is 0.258. The Morgan fingerprint density at radius 2 is 1.30 bits per heavy atom. The molecule has 190 valence electrons. The van der Waals surface area contributed by atoms with Crippen molar-refractivity contribution in [3.8, 4) is 0 Å². The predicted molar refractivity (Wildman–Crippen MR) is 154 cm³/mol. The number of amides is 1. The third-order valence-electron chi connectivity index (χ3n) is 6.84. The first kappa shape index (κ1) is 26.1. The minimum absolute atomic E-state index is 0.103. The van der Waals surface area contributed by atoms with Crippen LogP contribution < -0.4 is 15.9 Å². The third-order valence-corrected chi connectivity index (χ3v) is 12.2. The third kappa shape index (κ3) is 4.66. The van der Waals surface area contributed by atoms with E-state index in [0.717, 1.165) is 15.9 Å². The number of carbonyl (C=O) groups excluding carboxylic acids is 2. The number of likely N-dealkylation sites (tertiary alicyclic amines) is 1. The van der Waals surface area contributed by atoms with Crippen molar-refractivity contribution in [3.05, 3.63) is 103 Å². The van der Waals surface area contributed by atoms with E-state index in [-0.39, 0.29) is 29.2 Å². The van der Waals surface area contributed by atoms with Crippen LogP contribution >= 0.6 is 41.7 Å². The Hall–Kier alpha value is -2.49. The number of hydrogen-bond donors (Lipinski definition) is 0. The molecular weight excluding hydrogens is 548 g/mol. The van der Waals surface area contributed by atoms with Gasteiger partial charge in [-0.2, -0.15) is 0 Å². The van der Waals surface area contributed by atoms with Crippen molar-refractivity contribution in [3.63, 3.8) is 0 Å². The summed E-state index contributed by atoms with van der Waals surface area (Å²) in [6, 6.07) is 29.3. The Kier molecular flexibility index (Phi) is 7.56. The lowest BCUT2D eigenvalue weighted by Gasteiger charge is -2.51. The van der Waals surface area contributed by atoms with Gasteiger partial charge in [-0.3, -0.25) is 4.79 Å². The second-order valence-electron chi connectivity index (χ2n) is 8.99. The smallest absolute Gasteiger partial charge is 0.358 e. The van der Waals surface area contributed by atoms with Gasteiger partial charge in [0.15, 0.2) is 0 Å². The maximum atomic E-state index is 14.3. The molecule has 3 aromatic carbocycles. The monoisotopic (exact) mass is 571 g/mol. The highest BCUT2D eigenvalue weighted by molar-refractivity contribution is 7.96. The largest absolute Gasteiger partial charge is 0.423 e. The van der Waals surface area contributed by atoms with Crippen LogP contribution in [0.1, 0.15) is 12.8 Å². The molecule has 3 aromatic rings. The zero-order chi connectivity index (χ0) is 26.0. The van der Waals surface area contributed by atoms with Gasteiger partial charge in [0.2, 0.25) is 5.91 Å². The number of β-lactam (4-membered cyclic amide) rings is 1. The average Bonchev–Trinajstić information content (AvgIpc) is 2.94. The van der Waals surface area contributed by atoms with Gasteiger partial charge in [0.05, 0.1) is 17.8 Å². The second kappa shape index (κ2) is 10.7. The number of hydrogen-bond acceptors (Lipinski definition) is 3. The summed E-state index contributed by atoms with van der Waals surface area (Å²) in [7, 11) is 0. The molecular formula is C29H25Cl3NO3P. The molecule has 1 aliphatic carbocycles. The second-order valence-corrected chi connectivity index (χ2v) is 14.0. The number of fused-ring (bicyclic) bond motifs is 1. The molecule has 0 saturated carbocycles. The van der Waals surface area contributed by atoms with Crippen molar-refractivity contribution in [2.45, 2.75) is 23.4 Å². The van der Waals surface area contributed by atoms with E-state index in [0.29, 0.717) is 12.8 Å². The van der Waals surface area contributed by atoms with Crippen LogP contribution in [0.2, 0.25) is 0 Å². The maximum Gasteiger partial charge on any atom is 0.358 e. The summed E-state index contributed by atoms with van der Waals surface area (Å²) < 4.78 is 3.69. The highest BCUT2D eigenvalue weighted by Gasteiger charge is 2.53. The number of alkyl halides is 3. The van der Waals surface area contributed by atoms with Crippen molar-refractivity contribution in [1.29, 1.82) is 0 Å². The molecule has 1 fully saturated rings. The van der Waals surface area contributed by atoms with Crippen LogP contribution in [-0.2, 0) is 14.3 Å². The maximum absolute atomic E-state index is 14.3. The molecule has 1 heterocycles. The Labute approximate surface area is 231 Å². The molecule has 0 bridgehead atoms. The van der Waals surface area contributed by atoms with E-state index in [2.05, 4.69) is 6.08 Å². The van der Waals surface area contributed by atoms with E-state index in [1.54, 1.807) is 4.90 Å². The van der Waals surface area contributed by atoms with Gasteiger partial charge < -0.3 is 9.64 Å². The lowest BCUT2D eigenvalue weighted by atomic mass is 9.79. The Morgan fingerprint density at radius 3 is 1.76 bits per heavy atom. The fourth-order valence-electron chi connectivity index (χ4n) is 5.25. The van der Waals surface area contributed by atoms with Crippen molar-refractivity contribution in [1.82, 2.24) is 4.90 Å². The number of halogens is 3. The molecule has 1 saturated heterocycles. The molecule has 8 heteroatoms. The fourth-order valence-corrected chi connectivity index (χ4v) is 9.82. The molecule has 0 spiro atoms. The van der Waals surface area contributed by atoms with Crippen molar-refractivity contribution >= 4 is 74.9 Å². The number of rotatable bonds is 7. The zero-order valence-electron chi connectivity index (χ0n) is 19.8. The van der Waals surface area contributed by atoms with Crippen LogP contribution in [0.15, 0.2) is 103 Å². The van der Waals surface area contributed by atoms with E-state index < -0.39 is 17.4 Å². The molecule has 1 amide bonds. The van der Waals surface area contributed by atoms with Crippen LogP contribution in [0.4, 0.5) is 0 Å². The van der Waals surface area contributed by atoms with E-state index >= 15 is 0 Å². The highest BCUT2D eigenvalue weighted by Crippen LogP contribution is 2.50. The fraction of sp³-hybridized carbons (Fsp3) is 0.207. The number of nitrogens with zero attached hydrogens (tertiary/aromatic N) is 1. The van der Waals surface area contributed by atoms with E-state index in [4.69, 9.17) is 39.5 Å². The van der Waals surface area contributed by atoms with Crippen LogP contribution in [0.3, 0.4) is 0 Å². The normalized spacial score (nSPS) is 19.1. The van der Waals surface area contributed by atoms with Crippen molar-refractivity contribution in [2.24, 2.45) is 5.92 Å². The van der Waals surface area contributed by atoms with Crippen LogP contribution in [-0.4, -0.2) is 38.6 Å². The van der Waals surface area contributed by atoms with Gasteiger partial charge in [0.1, 0.15) is 5.42 Å². The molecule has 37 heavy (non-hydrogen) atoms. The average molecular weight is 573 g/mol. The predicted octanol–water partition coefficient (Wildman–Crippen LogP) is 5.20. The molecule has 0 radical (unpaired) electrons. The molecule has 2 unspecified atom stereocenters. The van der Waals surface area contributed by atoms with Gasteiger partial charge in [-0.25, -0.2) is 4.79 Å². The first-order valence-corrected chi connectivity index (χ1v) is 15.1. The van der Waals surface area contributed by atoms with E-state index in [1.165, 1.54) is 0 Å². The zero-order valence-corrected chi connectivity index (χ0v) is 23.0. The van der Waals surface area contributed by atoms with Crippen LogP contribution in [0.25, 0.3) is 0 Å². The standard InChI is InChI=1S/C29H25Cl3NO3P/c30-20-29(31,32)36-28(35)27(33-25-19-11-10-18-24(25)26(33)34)37(21-12-4-1-5-13-21,22-14-6-2-7-15-22)23-16-8-3-9-17-23/h1-17,24-25H,18-20H2. The van der Waals surface area contributed by atoms with Crippen molar-refractivity contribution in [2.75, 3.05) is 5.88 Å². The molecule has 2 atom stereocenters. The summed E-state index contributed by atoms with van der Waals surface area (Å²) in [5, 5.41) is 2.72. The molecule has 0 aromatic heterocycles. The molecule has 0 N–H and O–H groups in total. The van der Waals surface area contributed by atoms with E-state index in [9.17, 15) is 9.59 Å². The quantitative estimate of drug-likeness (QED) is 0.129. The molecule has 1 aliphatic heterocycles. The number of allylic oxidation sites excluding steroid dienone is 1. The topological polar surface area (TPSA) is 46.6 Å². The molecule has 4 nitrogen and oxygen atoms in total. The lowest BCUT2D eigenvalue weighted by molar-refractivity contribution is -0.152. The van der Waals surface area contributed by atoms with E-state index in [1.807, 2.05) is 97.1 Å². The number of carbonyl (C=O) groups is 2. The number of esters is 1. The Bertz CT molecular complexity index is 1270. The summed E-state index contributed by atoms with van der Waals surface area (Å²) in [5.74, 6) is -1.36. The number of benzene rings is 3. The van der Waals surface area contributed by atoms with Gasteiger partial charge in [-0.05, 0) is 28.8 Å². The minimum atomic E-state index is -2.98. The minimum Gasteiger partial charge on any atom is -0.423 e. The SMILES string of the molecule is O=C(OC(Cl)(Cl)CCl)C(N1C(=O)C2CC=CCC21)=P(c1ccccc1)(c1ccccc1)c1ccccc1. The lowest BCUT2D eigenvalue weighted by Crippen LogP contribution is -2.66. The Balaban J connectivity index is 1.94. The Morgan fingerprint density at radius 1 is 0.838 bits per heavy atom. The van der Waals surface area contributed by atoms with Gasteiger partial charge in [-0.15, -0.1) is 11.6 Å². The van der Waals surface area contributed by atoms with Gasteiger partial charge in [0.25, 0.3) is 4.52 Å². The van der Waals surface area contributed by atoms with Gasteiger partial charge in [0, 0.05) is 6.89 Å². The van der Waals surface area contributed by atoms with Gasteiger partial charge >= 0.3 is 5.97 Å². The van der Waals surface area contributed by atoms with Gasteiger partial charge in [-0.1, -0.05) is 126 Å². The molecule has 5 rings (SSSR count). The first-order valence-electron chi connectivity index (χ1n) is 12.0. The highest BCUT2D eigenvalue weighted by atomic mass is 35.5. The summed E-state index contributed by atoms with van der Waals surface area (Å²) in [6.45, 7) is -2.98.